The van der Waals surface area contributed by atoms with E-state index in [4.69, 9.17) is 14.2 Å². The molecule has 0 amide bonds. The van der Waals surface area contributed by atoms with Crippen LogP contribution in [0.25, 0.3) is 0 Å². The molecular formula is C15H31NO3. The topological polar surface area (TPSA) is 39.7 Å². The number of ether oxygens (including phenoxy) is 3. The monoisotopic (exact) mass is 273 g/mol. The van der Waals surface area contributed by atoms with E-state index >= 15 is 0 Å². The SMILES string of the molecule is CNC(CCCOCCOCCOC)C1CCCC1. The van der Waals surface area contributed by atoms with Crippen LogP contribution in [0.2, 0.25) is 0 Å². The van der Waals surface area contributed by atoms with Crippen molar-refractivity contribution < 1.29 is 14.2 Å². The third-order valence-electron chi connectivity index (χ3n) is 3.95. The van der Waals surface area contributed by atoms with E-state index < -0.39 is 0 Å². The lowest BCUT2D eigenvalue weighted by Crippen LogP contribution is -2.32. The Labute approximate surface area is 118 Å². The molecule has 0 spiro atoms. The largest absolute Gasteiger partial charge is 0.382 e. The van der Waals surface area contributed by atoms with Crippen LogP contribution in [-0.2, 0) is 14.2 Å². The predicted octanol–water partition coefficient (Wildman–Crippen LogP) is 2.22. The Morgan fingerprint density at radius 3 is 2.26 bits per heavy atom. The Hall–Kier alpha value is -0.160. The van der Waals surface area contributed by atoms with Crippen molar-refractivity contribution in [1.29, 1.82) is 0 Å². The van der Waals surface area contributed by atoms with Gasteiger partial charge in [-0.25, -0.2) is 0 Å². The third-order valence-corrected chi connectivity index (χ3v) is 3.95. The lowest BCUT2D eigenvalue weighted by atomic mass is 9.94. The number of rotatable bonds is 12. The highest BCUT2D eigenvalue weighted by atomic mass is 16.5. The Kier molecular flexibility index (Phi) is 10.4. The first-order valence-electron chi connectivity index (χ1n) is 7.70. The number of nitrogens with one attached hydrogen (secondary N) is 1. The van der Waals surface area contributed by atoms with Crippen molar-refractivity contribution in [3.8, 4) is 0 Å². The Morgan fingerprint density at radius 2 is 1.63 bits per heavy atom. The second-order valence-corrected chi connectivity index (χ2v) is 5.30. The zero-order chi connectivity index (χ0) is 13.8. The van der Waals surface area contributed by atoms with Crippen LogP contribution in [0.5, 0.6) is 0 Å². The molecule has 4 heteroatoms. The molecule has 1 unspecified atom stereocenters. The van der Waals surface area contributed by atoms with Gasteiger partial charge in [-0.2, -0.15) is 0 Å². The molecule has 0 bridgehead atoms. The van der Waals surface area contributed by atoms with Crippen LogP contribution in [0.3, 0.4) is 0 Å². The first-order chi connectivity index (χ1) is 9.38. The van der Waals surface area contributed by atoms with Gasteiger partial charge >= 0.3 is 0 Å². The molecule has 1 rings (SSSR count). The van der Waals surface area contributed by atoms with Gasteiger partial charge in [-0.15, -0.1) is 0 Å². The van der Waals surface area contributed by atoms with E-state index in [1.165, 1.54) is 32.1 Å². The minimum atomic E-state index is 0.656. The second-order valence-electron chi connectivity index (χ2n) is 5.30. The number of hydrogen-bond acceptors (Lipinski definition) is 4. The van der Waals surface area contributed by atoms with Gasteiger partial charge in [-0.3, -0.25) is 0 Å². The molecule has 0 aliphatic heterocycles. The maximum atomic E-state index is 5.58. The summed E-state index contributed by atoms with van der Waals surface area (Å²) < 4.78 is 15.8. The molecule has 0 aromatic carbocycles. The minimum absolute atomic E-state index is 0.656. The minimum Gasteiger partial charge on any atom is -0.382 e. The smallest absolute Gasteiger partial charge is 0.0701 e. The zero-order valence-corrected chi connectivity index (χ0v) is 12.7. The molecule has 1 aliphatic rings. The van der Waals surface area contributed by atoms with Crippen LogP contribution in [-0.4, -0.2) is 53.2 Å². The van der Waals surface area contributed by atoms with Gasteiger partial charge in [-0.05, 0) is 38.6 Å². The first-order valence-corrected chi connectivity index (χ1v) is 7.70. The fourth-order valence-corrected chi connectivity index (χ4v) is 2.85. The van der Waals surface area contributed by atoms with E-state index in [0.717, 1.165) is 18.9 Å². The number of methoxy groups -OCH3 is 1. The fraction of sp³-hybridized carbons (Fsp3) is 1.00. The standard InChI is InChI=1S/C15H31NO3/c1-16-15(14-6-3-4-7-14)8-5-9-18-12-13-19-11-10-17-2/h14-16H,3-13H2,1-2H3. The molecule has 1 atom stereocenters. The molecule has 1 N–H and O–H groups in total. The molecule has 1 fully saturated rings. The van der Waals surface area contributed by atoms with Gasteiger partial charge in [0.05, 0.1) is 26.4 Å². The highest BCUT2D eigenvalue weighted by Gasteiger charge is 2.22. The molecule has 19 heavy (non-hydrogen) atoms. The Balaban J connectivity index is 1.88. The average molecular weight is 273 g/mol. The van der Waals surface area contributed by atoms with Gasteiger partial charge < -0.3 is 19.5 Å². The summed E-state index contributed by atoms with van der Waals surface area (Å²) in [6, 6.07) is 0.684. The second kappa shape index (κ2) is 11.6. The summed E-state index contributed by atoms with van der Waals surface area (Å²) in [5.74, 6) is 0.891. The summed E-state index contributed by atoms with van der Waals surface area (Å²) >= 11 is 0. The summed E-state index contributed by atoms with van der Waals surface area (Å²) in [4.78, 5) is 0. The average Bonchev–Trinajstić information content (AvgIpc) is 2.95. The molecule has 0 saturated heterocycles. The van der Waals surface area contributed by atoms with E-state index in [1.54, 1.807) is 7.11 Å². The summed E-state index contributed by atoms with van der Waals surface area (Å²) in [6.07, 6.45) is 8.00. The maximum absolute atomic E-state index is 5.58. The molecular weight excluding hydrogens is 242 g/mol. The predicted molar refractivity (Wildman–Crippen MR) is 77.6 cm³/mol. The highest BCUT2D eigenvalue weighted by Crippen LogP contribution is 2.29. The normalized spacial score (nSPS) is 18.0. The van der Waals surface area contributed by atoms with Gasteiger partial charge in [0, 0.05) is 19.8 Å². The quantitative estimate of drug-likeness (QED) is 0.554. The maximum Gasteiger partial charge on any atom is 0.0701 e. The number of hydrogen-bond donors (Lipinski definition) is 1. The van der Waals surface area contributed by atoms with E-state index in [2.05, 4.69) is 12.4 Å². The van der Waals surface area contributed by atoms with Crippen molar-refractivity contribution in [1.82, 2.24) is 5.32 Å². The van der Waals surface area contributed by atoms with Crippen LogP contribution in [0.15, 0.2) is 0 Å². The molecule has 1 saturated carbocycles. The van der Waals surface area contributed by atoms with Crippen LogP contribution >= 0.6 is 0 Å². The first kappa shape index (κ1) is 16.9. The van der Waals surface area contributed by atoms with E-state index in [-0.39, 0.29) is 0 Å². The Morgan fingerprint density at radius 1 is 1.00 bits per heavy atom. The fourth-order valence-electron chi connectivity index (χ4n) is 2.85. The summed E-state index contributed by atoms with van der Waals surface area (Å²) in [5.41, 5.74) is 0. The molecule has 0 heterocycles. The van der Waals surface area contributed by atoms with Gasteiger partial charge in [-0.1, -0.05) is 12.8 Å². The zero-order valence-electron chi connectivity index (χ0n) is 12.7. The molecule has 0 aromatic rings. The van der Waals surface area contributed by atoms with Crippen molar-refractivity contribution in [2.24, 2.45) is 5.92 Å². The van der Waals surface area contributed by atoms with Crippen LogP contribution in [0, 0.1) is 5.92 Å². The third kappa shape index (κ3) is 7.88. The van der Waals surface area contributed by atoms with Crippen molar-refractivity contribution in [3.05, 3.63) is 0 Å². The Bertz CT molecular complexity index is 196. The molecule has 1 aliphatic carbocycles. The summed E-state index contributed by atoms with van der Waals surface area (Å²) in [6.45, 7) is 3.52. The molecule has 114 valence electrons. The van der Waals surface area contributed by atoms with Gasteiger partial charge in [0.15, 0.2) is 0 Å². The summed E-state index contributed by atoms with van der Waals surface area (Å²) in [7, 11) is 3.77. The van der Waals surface area contributed by atoms with Crippen LogP contribution in [0.4, 0.5) is 0 Å². The van der Waals surface area contributed by atoms with E-state index in [0.29, 0.717) is 32.5 Å². The van der Waals surface area contributed by atoms with Gasteiger partial charge in [0.1, 0.15) is 0 Å². The van der Waals surface area contributed by atoms with Gasteiger partial charge in [0.25, 0.3) is 0 Å². The van der Waals surface area contributed by atoms with Crippen molar-refractivity contribution in [2.75, 3.05) is 47.2 Å². The van der Waals surface area contributed by atoms with Crippen LogP contribution in [0.1, 0.15) is 38.5 Å². The lowest BCUT2D eigenvalue weighted by Gasteiger charge is -2.22. The summed E-state index contributed by atoms with van der Waals surface area (Å²) in [5, 5.41) is 3.48. The van der Waals surface area contributed by atoms with E-state index in [9.17, 15) is 0 Å². The van der Waals surface area contributed by atoms with Crippen LogP contribution < -0.4 is 5.32 Å². The van der Waals surface area contributed by atoms with E-state index in [1.807, 2.05) is 0 Å². The van der Waals surface area contributed by atoms with Crippen molar-refractivity contribution >= 4 is 0 Å². The van der Waals surface area contributed by atoms with Crippen molar-refractivity contribution in [3.63, 3.8) is 0 Å². The molecule has 0 radical (unpaired) electrons. The highest BCUT2D eigenvalue weighted by molar-refractivity contribution is 4.79. The molecule has 0 aromatic heterocycles. The van der Waals surface area contributed by atoms with Crippen molar-refractivity contribution in [2.45, 2.75) is 44.6 Å². The van der Waals surface area contributed by atoms with Gasteiger partial charge in [0.2, 0.25) is 0 Å². The lowest BCUT2D eigenvalue weighted by molar-refractivity contribution is 0.0234. The molecule has 4 nitrogen and oxygen atoms in total.